The smallest absolute Gasteiger partial charge is 0.353 e. The van der Waals surface area contributed by atoms with Crippen molar-refractivity contribution in [2.75, 3.05) is 5.73 Å². The molecule has 4 rings (SSSR count). The number of carbonyl (C=O) groups is 3. The first kappa shape index (κ1) is 20.6. The molecule has 2 aliphatic heterocycles. The van der Waals surface area contributed by atoms with Crippen molar-refractivity contribution in [3.8, 4) is 0 Å². The SMILES string of the molecule is Nc1nc(/C(=N/O)C(=O)N[C@@H]2C(=O)N3C(C(=O)O)=C(Sc4ncncn4)CCC23)ns1. The number of aliphatic carboxylic acids is 1. The number of hydrogen-bond acceptors (Lipinski definition) is 13. The number of thioether (sulfide) groups is 1. The Labute approximate surface area is 181 Å². The molecule has 1 fully saturated rings. The van der Waals surface area contributed by atoms with Crippen molar-refractivity contribution < 1.29 is 24.7 Å². The maximum Gasteiger partial charge on any atom is 0.353 e. The van der Waals surface area contributed by atoms with E-state index < -0.39 is 35.6 Å². The van der Waals surface area contributed by atoms with Crippen molar-refractivity contribution in [1.29, 1.82) is 0 Å². The van der Waals surface area contributed by atoms with Crippen LogP contribution in [-0.2, 0) is 14.4 Å². The number of amides is 2. The standard InChI is InChI=1S/C15H13N9O5S2/c16-14-21-10(23-31-14)8(22-29)11(25)20-7-5-1-2-6(30-15-18-3-17-4-19-15)9(13(27)28)24(5)12(7)26/h3-5,7,29H,1-2H2,(H,20,25)(H,27,28)(H2,16,21,23)/b22-8-/t5?,7-/m0/s1. The lowest BCUT2D eigenvalue weighted by atomic mass is 9.86. The fourth-order valence-electron chi connectivity index (χ4n) is 3.25. The monoisotopic (exact) mass is 463 g/mol. The zero-order chi connectivity index (χ0) is 22.1. The van der Waals surface area contributed by atoms with Crippen LogP contribution in [0.15, 0.2) is 33.6 Å². The Morgan fingerprint density at radius 2 is 2.10 bits per heavy atom. The van der Waals surface area contributed by atoms with Gasteiger partial charge in [-0.1, -0.05) is 16.9 Å². The number of carboxylic acids is 1. The Kier molecular flexibility index (Phi) is 5.47. The van der Waals surface area contributed by atoms with Crippen LogP contribution in [0.25, 0.3) is 0 Å². The zero-order valence-corrected chi connectivity index (χ0v) is 17.0. The topological polar surface area (TPSA) is 210 Å². The number of allylic oxidation sites excluding steroid dienone is 1. The number of nitrogens with two attached hydrogens (primary N) is 1. The van der Waals surface area contributed by atoms with Crippen LogP contribution in [0.1, 0.15) is 18.7 Å². The molecule has 2 atom stereocenters. The number of aromatic nitrogens is 5. The van der Waals surface area contributed by atoms with Crippen LogP contribution in [0.4, 0.5) is 5.13 Å². The third-order valence-electron chi connectivity index (χ3n) is 4.53. The number of hydrogen-bond donors (Lipinski definition) is 4. The number of oxime groups is 1. The molecule has 2 aromatic heterocycles. The Hall–Kier alpha value is -3.66. The van der Waals surface area contributed by atoms with E-state index in [9.17, 15) is 19.5 Å². The van der Waals surface area contributed by atoms with E-state index in [0.717, 1.165) is 28.2 Å². The molecule has 0 saturated carbocycles. The molecule has 1 unspecified atom stereocenters. The Morgan fingerprint density at radius 3 is 2.71 bits per heavy atom. The molecule has 31 heavy (non-hydrogen) atoms. The Balaban J connectivity index is 1.52. The number of nitrogens with one attached hydrogen (secondary N) is 1. The third kappa shape index (κ3) is 3.77. The maximum atomic E-state index is 12.7. The molecule has 0 aliphatic carbocycles. The number of fused-ring (bicyclic) bond motifs is 1. The summed E-state index contributed by atoms with van der Waals surface area (Å²) in [5.41, 5.74) is 4.79. The summed E-state index contributed by atoms with van der Waals surface area (Å²) in [7, 11) is 0. The van der Waals surface area contributed by atoms with Gasteiger partial charge in [-0.2, -0.15) is 9.36 Å². The molecular weight excluding hydrogens is 450 g/mol. The number of carboxylic acid groups (broad SMARTS) is 1. The largest absolute Gasteiger partial charge is 0.477 e. The Morgan fingerprint density at radius 1 is 1.35 bits per heavy atom. The molecule has 2 aromatic rings. The van der Waals surface area contributed by atoms with Crippen LogP contribution in [-0.4, -0.2) is 75.1 Å². The van der Waals surface area contributed by atoms with Gasteiger partial charge >= 0.3 is 5.97 Å². The van der Waals surface area contributed by atoms with E-state index in [4.69, 9.17) is 10.9 Å². The number of anilines is 1. The molecule has 1 saturated heterocycles. The second-order valence-electron chi connectivity index (χ2n) is 6.27. The van der Waals surface area contributed by atoms with Gasteiger partial charge in [0.25, 0.3) is 11.8 Å². The minimum atomic E-state index is -1.28. The fraction of sp³-hybridized carbons (Fsp3) is 0.267. The van der Waals surface area contributed by atoms with Crippen LogP contribution in [0.2, 0.25) is 0 Å². The number of nitrogen functional groups attached to an aromatic ring is 1. The van der Waals surface area contributed by atoms with Gasteiger partial charge in [0.1, 0.15) is 24.4 Å². The van der Waals surface area contributed by atoms with E-state index in [1.807, 2.05) is 0 Å². The average Bonchev–Trinajstić information content (AvgIpc) is 3.18. The highest BCUT2D eigenvalue weighted by molar-refractivity contribution is 8.03. The number of β-lactam (4-membered cyclic amide) rings is 1. The average molecular weight is 463 g/mol. The van der Waals surface area contributed by atoms with Crippen LogP contribution < -0.4 is 11.1 Å². The second kappa shape index (κ2) is 8.23. The van der Waals surface area contributed by atoms with Crippen LogP contribution in [0.3, 0.4) is 0 Å². The molecule has 2 amide bonds. The summed E-state index contributed by atoms with van der Waals surface area (Å²) in [5, 5.41) is 24.6. The normalized spacial score (nSPS) is 20.8. The molecule has 0 bridgehead atoms. The predicted molar refractivity (Wildman–Crippen MR) is 105 cm³/mol. The first-order chi connectivity index (χ1) is 14.9. The summed E-state index contributed by atoms with van der Waals surface area (Å²) in [6.45, 7) is 0. The van der Waals surface area contributed by atoms with E-state index in [0.29, 0.717) is 22.9 Å². The molecular formula is C15H13N9O5S2. The highest BCUT2D eigenvalue weighted by Gasteiger charge is 2.54. The molecule has 0 radical (unpaired) electrons. The molecule has 0 aromatic carbocycles. The molecule has 0 spiro atoms. The van der Waals surface area contributed by atoms with Gasteiger partial charge in [-0.05, 0) is 12.8 Å². The minimum absolute atomic E-state index is 0.0709. The van der Waals surface area contributed by atoms with Crippen LogP contribution >= 0.6 is 23.3 Å². The molecule has 2 aliphatic rings. The molecule has 4 heterocycles. The summed E-state index contributed by atoms with van der Waals surface area (Å²) in [6.07, 6.45) is 3.30. The quantitative estimate of drug-likeness (QED) is 0.177. The zero-order valence-electron chi connectivity index (χ0n) is 15.4. The van der Waals surface area contributed by atoms with E-state index in [-0.39, 0.29) is 16.7 Å². The van der Waals surface area contributed by atoms with Gasteiger partial charge < -0.3 is 21.4 Å². The van der Waals surface area contributed by atoms with Gasteiger partial charge in [0, 0.05) is 16.4 Å². The molecule has 16 heteroatoms. The van der Waals surface area contributed by atoms with Gasteiger partial charge in [0.05, 0.1) is 6.04 Å². The highest BCUT2D eigenvalue weighted by Crippen LogP contribution is 2.42. The lowest BCUT2D eigenvalue weighted by Crippen LogP contribution is -2.72. The lowest BCUT2D eigenvalue weighted by Gasteiger charge is -2.49. The summed E-state index contributed by atoms with van der Waals surface area (Å²) in [6, 6.07) is -1.56. The van der Waals surface area contributed by atoms with Crippen molar-refractivity contribution in [2.45, 2.75) is 30.1 Å². The molecule has 160 valence electrons. The maximum absolute atomic E-state index is 12.7. The first-order valence-electron chi connectivity index (χ1n) is 8.62. The predicted octanol–water partition coefficient (Wildman–Crippen LogP) is -0.939. The van der Waals surface area contributed by atoms with Gasteiger partial charge in [0.15, 0.2) is 10.3 Å². The van der Waals surface area contributed by atoms with Crippen molar-refractivity contribution >= 4 is 51.9 Å². The lowest BCUT2D eigenvalue weighted by molar-refractivity contribution is -0.155. The van der Waals surface area contributed by atoms with Crippen molar-refractivity contribution in [2.24, 2.45) is 5.16 Å². The van der Waals surface area contributed by atoms with E-state index in [1.165, 1.54) is 12.7 Å². The van der Waals surface area contributed by atoms with Gasteiger partial charge in [-0.15, -0.1) is 0 Å². The summed E-state index contributed by atoms with van der Waals surface area (Å²) in [4.78, 5) is 54.0. The molecule has 14 nitrogen and oxygen atoms in total. The molecule has 5 N–H and O–H groups in total. The van der Waals surface area contributed by atoms with E-state index in [1.54, 1.807) is 0 Å². The summed E-state index contributed by atoms with van der Waals surface area (Å²) < 4.78 is 3.80. The van der Waals surface area contributed by atoms with Gasteiger partial charge in [-0.3, -0.25) is 14.5 Å². The third-order valence-corrected chi connectivity index (χ3v) is 6.11. The van der Waals surface area contributed by atoms with Gasteiger partial charge in [0.2, 0.25) is 11.5 Å². The number of carbonyl (C=O) groups excluding carboxylic acids is 2. The fourth-order valence-corrected chi connectivity index (χ4v) is 4.61. The highest BCUT2D eigenvalue weighted by atomic mass is 32.2. The summed E-state index contributed by atoms with van der Waals surface area (Å²) >= 11 is 1.85. The van der Waals surface area contributed by atoms with Crippen LogP contribution in [0, 0.1) is 0 Å². The number of nitrogens with zero attached hydrogens (tertiary/aromatic N) is 7. The Bertz CT molecular complexity index is 1120. The van der Waals surface area contributed by atoms with E-state index in [2.05, 4.69) is 34.8 Å². The van der Waals surface area contributed by atoms with Gasteiger partial charge in [-0.25, -0.2) is 19.7 Å². The van der Waals surface area contributed by atoms with Crippen LogP contribution in [0.5, 0.6) is 0 Å². The first-order valence-corrected chi connectivity index (χ1v) is 10.2. The second-order valence-corrected chi connectivity index (χ2v) is 8.12. The van der Waals surface area contributed by atoms with Crippen molar-refractivity contribution in [3.05, 3.63) is 29.1 Å². The number of rotatable bonds is 6. The minimum Gasteiger partial charge on any atom is -0.477 e. The summed E-state index contributed by atoms with van der Waals surface area (Å²) in [5.74, 6) is -2.95. The van der Waals surface area contributed by atoms with Crippen molar-refractivity contribution in [1.82, 2.24) is 34.5 Å². The van der Waals surface area contributed by atoms with E-state index >= 15 is 0 Å². The van der Waals surface area contributed by atoms with Crippen molar-refractivity contribution in [3.63, 3.8) is 0 Å².